The normalized spacial score (nSPS) is 11.7. The van der Waals surface area contributed by atoms with Crippen molar-refractivity contribution in [2.24, 2.45) is 0 Å². The average Bonchev–Trinajstić information content (AvgIpc) is 3.20. The van der Waals surface area contributed by atoms with E-state index in [1.807, 2.05) is 60.7 Å². The van der Waals surface area contributed by atoms with E-state index in [2.05, 4.69) is 9.97 Å². The predicted molar refractivity (Wildman–Crippen MR) is 112 cm³/mol. The van der Waals surface area contributed by atoms with Gasteiger partial charge in [0.2, 0.25) is 0 Å². The molecule has 4 rings (SSSR count). The molecular weight excluding hydrogens is 382 g/mol. The molecule has 0 aliphatic carbocycles. The SMILES string of the molecule is N#C/C(=C(/O)COC(=O)COc1ccc2ccccc2c1)c1nc2ccccc2[nH]1. The highest BCUT2D eigenvalue weighted by Gasteiger charge is 2.15. The lowest BCUT2D eigenvalue weighted by atomic mass is 10.1. The van der Waals surface area contributed by atoms with Crippen molar-refractivity contribution < 1.29 is 19.4 Å². The number of esters is 1. The Labute approximate surface area is 171 Å². The second-order valence-electron chi connectivity index (χ2n) is 6.49. The molecule has 2 N–H and O–H groups in total. The van der Waals surface area contributed by atoms with Crippen molar-refractivity contribution in [3.8, 4) is 11.8 Å². The molecule has 0 saturated heterocycles. The number of allylic oxidation sites excluding steroid dienone is 1. The van der Waals surface area contributed by atoms with Crippen LogP contribution in [0.5, 0.6) is 5.75 Å². The number of nitriles is 1. The van der Waals surface area contributed by atoms with Crippen molar-refractivity contribution in [1.29, 1.82) is 5.26 Å². The third-order valence-electron chi connectivity index (χ3n) is 4.47. The summed E-state index contributed by atoms with van der Waals surface area (Å²) in [4.78, 5) is 19.2. The maximum Gasteiger partial charge on any atom is 0.344 e. The van der Waals surface area contributed by atoms with Crippen LogP contribution in [0.1, 0.15) is 5.82 Å². The smallest absolute Gasteiger partial charge is 0.344 e. The summed E-state index contributed by atoms with van der Waals surface area (Å²) < 4.78 is 10.5. The summed E-state index contributed by atoms with van der Waals surface area (Å²) in [6.45, 7) is -0.780. The van der Waals surface area contributed by atoms with E-state index >= 15 is 0 Å². The Hall–Kier alpha value is -4.31. The summed E-state index contributed by atoms with van der Waals surface area (Å²) in [5, 5.41) is 21.7. The van der Waals surface area contributed by atoms with E-state index in [4.69, 9.17) is 9.47 Å². The number of imidazole rings is 1. The van der Waals surface area contributed by atoms with Gasteiger partial charge >= 0.3 is 5.97 Å². The van der Waals surface area contributed by atoms with Gasteiger partial charge in [0, 0.05) is 0 Å². The van der Waals surface area contributed by atoms with Crippen LogP contribution in [0.25, 0.3) is 27.4 Å². The maximum atomic E-state index is 12.0. The van der Waals surface area contributed by atoms with E-state index in [0.717, 1.165) is 16.3 Å². The highest BCUT2D eigenvalue weighted by molar-refractivity contribution is 5.84. The zero-order valence-electron chi connectivity index (χ0n) is 15.8. The van der Waals surface area contributed by atoms with Crippen LogP contribution in [0.15, 0.2) is 72.5 Å². The van der Waals surface area contributed by atoms with Crippen molar-refractivity contribution in [1.82, 2.24) is 9.97 Å². The van der Waals surface area contributed by atoms with Gasteiger partial charge in [-0.2, -0.15) is 5.26 Å². The molecule has 0 bridgehead atoms. The predicted octanol–water partition coefficient (Wildman–Crippen LogP) is 4.13. The van der Waals surface area contributed by atoms with Gasteiger partial charge < -0.3 is 19.6 Å². The third kappa shape index (κ3) is 4.08. The fraction of sp³-hybridized carbons (Fsp3) is 0.0870. The zero-order valence-corrected chi connectivity index (χ0v) is 15.8. The minimum Gasteiger partial charge on any atom is -0.507 e. The largest absolute Gasteiger partial charge is 0.507 e. The summed E-state index contributed by atoms with van der Waals surface area (Å²) >= 11 is 0. The van der Waals surface area contributed by atoms with E-state index in [1.54, 1.807) is 12.1 Å². The first-order valence-corrected chi connectivity index (χ1v) is 9.18. The molecule has 1 heterocycles. The van der Waals surface area contributed by atoms with Crippen molar-refractivity contribution >= 4 is 33.3 Å². The molecule has 30 heavy (non-hydrogen) atoms. The summed E-state index contributed by atoms with van der Waals surface area (Å²) in [6, 6.07) is 22.4. The Morgan fingerprint density at radius 3 is 2.60 bits per heavy atom. The first-order chi connectivity index (χ1) is 14.6. The number of aliphatic hydroxyl groups excluding tert-OH is 1. The van der Waals surface area contributed by atoms with Crippen LogP contribution in [0.3, 0.4) is 0 Å². The molecule has 4 aromatic rings. The average molecular weight is 399 g/mol. The fourth-order valence-electron chi connectivity index (χ4n) is 2.99. The van der Waals surface area contributed by atoms with Crippen LogP contribution in [0.4, 0.5) is 0 Å². The summed E-state index contributed by atoms with van der Waals surface area (Å²) in [7, 11) is 0. The molecule has 7 heteroatoms. The van der Waals surface area contributed by atoms with Crippen LogP contribution < -0.4 is 4.74 Å². The number of ether oxygens (including phenoxy) is 2. The molecule has 0 fully saturated rings. The van der Waals surface area contributed by atoms with Crippen molar-refractivity contribution in [3.63, 3.8) is 0 Å². The number of benzene rings is 3. The number of hydrogen-bond donors (Lipinski definition) is 2. The topological polar surface area (TPSA) is 108 Å². The minimum absolute atomic E-state index is 0.0885. The lowest BCUT2D eigenvalue weighted by molar-refractivity contribution is -0.145. The third-order valence-corrected chi connectivity index (χ3v) is 4.47. The number of nitrogens with one attached hydrogen (secondary N) is 1. The summed E-state index contributed by atoms with van der Waals surface area (Å²) in [5.74, 6) is -0.322. The number of nitrogens with zero attached hydrogens (tertiary/aromatic N) is 2. The number of aromatic nitrogens is 2. The van der Waals surface area contributed by atoms with E-state index in [9.17, 15) is 15.2 Å². The van der Waals surface area contributed by atoms with Gasteiger partial charge in [0.05, 0.1) is 11.0 Å². The fourth-order valence-corrected chi connectivity index (χ4v) is 2.99. The molecule has 1 aromatic heterocycles. The maximum absolute atomic E-state index is 12.0. The number of carbonyl (C=O) groups excluding carboxylic acids is 1. The van der Waals surface area contributed by atoms with Gasteiger partial charge in [0.1, 0.15) is 24.0 Å². The van der Waals surface area contributed by atoms with Gasteiger partial charge in [-0.05, 0) is 35.0 Å². The van der Waals surface area contributed by atoms with Crippen LogP contribution in [-0.2, 0) is 9.53 Å². The Bertz CT molecular complexity index is 1270. The highest BCUT2D eigenvalue weighted by Crippen LogP contribution is 2.21. The Kier molecular flexibility index (Phi) is 5.31. The molecule has 7 nitrogen and oxygen atoms in total. The first kappa shape index (κ1) is 19.0. The molecule has 0 amide bonds. The molecule has 0 aliphatic heterocycles. The van der Waals surface area contributed by atoms with Gasteiger partial charge in [0.15, 0.2) is 18.2 Å². The van der Waals surface area contributed by atoms with Crippen molar-refractivity contribution in [3.05, 3.63) is 78.3 Å². The number of hydrogen-bond acceptors (Lipinski definition) is 6. The lowest BCUT2D eigenvalue weighted by Gasteiger charge is -2.08. The van der Waals surface area contributed by atoms with E-state index in [0.29, 0.717) is 11.3 Å². The number of H-pyrrole nitrogens is 1. The molecule has 0 radical (unpaired) electrons. The number of fused-ring (bicyclic) bond motifs is 2. The molecule has 148 valence electrons. The number of aliphatic hydroxyl groups is 1. The Balaban J connectivity index is 1.38. The molecule has 3 aromatic carbocycles. The van der Waals surface area contributed by atoms with E-state index < -0.39 is 18.3 Å². The van der Waals surface area contributed by atoms with Gasteiger partial charge in [-0.25, -0.2) is 9.78 Å². The molecule has 0 saturated carbocycles. The molecule has 0 spiro atoms. The minimum atomic E-state index is -0.670. The molecular formula is C23H17N3O4. The van der Waals surface area contributed by atoms with Crippen molar-refractivity contribution in [2.45, 2.75) is 0 Å². The lowest BCUT2D eigenvalue weighted by Crippen LogP contribution is -2.16. The van der Waals surface area contributed by atoms with Crippen molar-refractivity contribution in [2.75, 3.05) is 13.2 Å². The van der Waals surface area contributed by atoms with Gasteiger partial charge in [0.25, 0.3) is 0 Å². The van der Waals surface area contributed by atoms with E-state index in [-0.39, 0.29) is 18.0 Å². The first-order valence-electron chi connectivity index (χ1n) is 9.18. The second kappa shape index (κ2) is 8.37. The number of rotatable bonds is 6. The van der Waals surface area contributed by atoms with Crippen LogP contribution in [0.2, 0.25) is 0 Å². The molecule has 0 unspecified atom stereocenters. The summed E-state index contributed by atoms with van der Waals surface area (Å²) in [6.07, 6.45) is 0. The zero-order chi connectivity index (χ0) is 20.9. The Morgan fingerprint density at radius 1 is 1.03 bits per heavy atom. The van der Waals surface area contributed by atoms with Gasteiger partial charge in [-0.1, -0.05) is 42.5 Å². The van der Waals surface area contributed by atoms with Gasteiger partial charge in [-0.3, -0.25) is 0 Å². The molecule has 0 atom stereocenters. The summed E-state index contributed by atoms with van der Waals surface area (Å²) in [5.41, 5.74) is 1.30. The van der Waals surface area contributed by atoms with E-state index in [1.165, 1.54) is 0 Å². The monoisotopic (exact) mass is 399 g/mol. The van der Waals surface area contributed by atoms with Crippen LogP contribution in [-0.4, -0.2) is 34.3 Å². The number of aromatic amines is 1. The second-order valence-corrected chi connectivity index (χ2v) is 6.49. The van der Waals surface area contributed by atoms with Gasteiger partial charge in [-0.15, -0.1) is 0 Å². The van der Waals surface area contributed by atoms with Crippen LogP contribution >= 0.6 is 0 Å². The Morgan fingerprint density at radius 2 is 1.80 bits per heavy atom. The quantitative estimate of drug-likeness (QED) is 0.287. The highest BCUT2D eigenvalue weighted by atomic mass is 16.6. The van der Waals surface area contributed by atoms with Crippen LogP contribution in [0, 0.1) is 11.3 Å². The molecule has 0 aliphatic rings. The number of carbonyl (C=O) groups is 1. The number of para-hydroxylation sites is 2. The standard InChI is InChI=1S/C23H17N3O4/c24-12-18(23-25-19-7-3-4-8-20(19)26-23)21(27)13-30-22(28)14-29-17-10-9-15-5-1-2-6-16(15)11-17/h1-11,27H,13-14H2,(H,25,26)/b21-18-.